The number of ether oxygens (including phenoxy) is 1. The second-order valence-electron chi connectivity index (χ2n) is 5.42. The fourth-order valence-electron chi connectivity index (χ4n) is 2.45. The first kappa shape index (κ1) is 15.0. The van der Waals surface area contributed by atoms with E-state index in [0.29, 0.717) is 13.1 Å². The van der Waals surface area contributed by atoms with Gasteiger partial charge in [-0.3, -0.25) is 9.59 Å². The number of hydrogen-bond donors (Lipinski definition) is 1. The van der Waals surface area contributed by atoms with Crippen molar-refractivity contribution in [1.29, 1.82) is 0 Å². The van der Waals surface area contributed by atoms with E-state index in [1.165, 1.54) is 7.11 Å². The standard InChI is InChI=1S/C13H23NO4/c1-5-6-9-7-14(8-10(9)11(15)16)12(17)13(2,3)18-4/h9-10H,5-8H2,1-4H3,(H,15,16)/t9-,10-/m1/s1. The normalized spacial score (nSPS) is 24.3. The highest BCUT2D eigenvalue weighted by molar-refractivity contribution is 5.85. The molecule has 0 aliphatic carbocycles. The van der Waals surface area contributed by atoms with Gasteiger partial charge in [-0.05, 0) is 26.2 Å². The number of carboxylic acid groups (broad SMARTS) is 1. The van der Waals surface area contributed by atoms with E-state index in [1.807, 2.05) is 6.92 Å². The SMILES string of the molecule is CCC[C@@H]1CN(C(=O)C(C)(C)OC)C[C@H]1C(=O)O. The second-order valence-corrected chi connectivity index (χ2v) is 5.42. The Labute approximate surface area is 108 Å². The molecule has 0 radical (unpaired) electrons. The van der Waals surface area contributed by atoms with Crippen molar-refractivity contribution in [1.82, 2.24) is 4.90 Å². The molecule has 0 bridgehead atoms. The van der Waals surface area contributed by atoms with Crippen molar-refractivity contribution < 1.29 is 19.4 Å². The molecular weight excluding hydrogens is 234 g/mol. The summed E-state index contributed by atoms with van der Waals surface area (Å²) in [5.74, 6) is -1.32. The van der Waals surface area contributed by atoms with Crippen LogP contribution in [0, 0.1) is 11.8 Å². The Morgan fingerprint density at radius 2 is 2.00 bits per heavy atom. The van der Waals surface area contributed by atoms with Crippen molar-refractivity contribution in [3.63, 3.8) is 0 Å². The van der Waals surface area contributed by atoms with Crippen LogP contribution in [0.1, 0.15) is 33.6 Å². The first-order chi connectivity index (χ1) is 8.33. The first-order valence-electron chi connectivity index (χ1n) is 6.40. The van der Waals surface area contributed by atoms with E-state index in [2.05, 4.69) is 0 Å². The molecule has 1 aliphatic heterocycles. The van der Waals surface area contributed by atoms with Gasteiger partial charge in [-0.15, -0.1) is 0 Å². The highest BCUT2D eigenvalue weighted by Gasteiger charge is 2.42. The molecule has 18 heavy (non-hydrogen) atoms. The number of carbonyl (C=O) groups excluding carboxylic acids is 1. The van der Waals surface area contributed by atoms with Gasteiger partial charge in [-0.1, -0.05) is 13.3 Å². The molecule has 1 aliphatic rings. The number of hydrogen-bond acceptors (Lipinski definition) is 3. The third-order valence-corrected chi connectivity index (χ3v) is 3.73. The molecule has 1 fully saturated rings. The van der Waals surface area contributed by atoms with Crippen LogP contribution in [0.2, 0.25) is 0 Å². The summed E-state index contributed by atoms with van der Waals surface area (Å²) in [7, 11) is 1.49. The van der Waals surface area contributed by atoms with E-state index >= 15 is 0 Å². The van der Waals surface area contributed by atoms with Crippen molar-refractivity contribution in [2.24, 2.45) is 11.8 Å². The Bertz CT molecular complexity index is 327. The van der Waals surface area contributed by atoms with Gasteiger partial charge in [0.2, 0.25) is 0 Å². The quantitative estimate of drug-likeness (QED) is 0.807. The molecule has 0 unspecified atom stereocenters. The van der Waals surface area contributed by atoms with Crippen LogP contribution in [0.3, 0.4) is 0 Å². The molecule has 1 heterocycles. The van der Waals surface area contributed by atoms with Gasteiger partial charge in [0.25, 0.3) is 5.91 Å². The van der Waals surface area contributed by atoms with Crippen molar-refractivity contribution in [2.75, 3.05) is 20.2 Å². The average Bonchev–Trinajstić information content (AvgIpc) is 2.72. The molecule has 2 atom stereocenters. The highest BCUT2D eigenvalue weighted by atomic mass is 16.5. The molecule has 104 valence electrons. The first-order valence-corrected chi connectivity index (χ1v) is 6.40. The minimum absolute atomic E-state index is 0.0594. The summed E-state index contributed by atoms with van der Waals surface area (Å²) in [6, 6.07) is 0. The number of nitrogens with zero attached hydrogens (tertiary/aromatic N) is 1. The molecular formula is C13H23NO4. The molecule has 0 aromatic heterocycles. The van der Waals surface area contributed by atoms with Gasteiger partial charge < -0.3 is 14.7 Å². The molecule has 0 saturated carbocycles. The third kappa shape index (κ3) is 3.02. The Kier molecular flexibility index (Phi) is 4.73. The average molecular weight is 257 g/mol. The van der Waals surface area contributed by atoms with E-state index in [-0.39, 0.29) is 11.8 Å². The van der Waals surface area contributed by atoms with E-state index < -0.39 is 17.5 Å². The molecule has 1 amide bonds. The number of methoxy groups -OCH3 is 1. The summed E-state index contributed by atoms with van der Waals surface area (Å²) in [6.07, 6.45) is 1.78. The van der Waals surface area contributed by atoms with Crippen molar-refractivity contribution in [2.45, 2.75) is 39.2 Å². The maximum Gasteiger partial charge on any atom is 0.308 e. The molecule has 5 heteroatoms. The zero-order valence-corrected chi connectivity index (χ0v) is 11.6. The predicted octanol–water partition coefficient (Wildman–Crippen LogP) is 1.37. The Balaban J connectivity index is 2.77. The molecule has 1 rings (SSSR count). The highest BCUT2D eigenvalue weighted by Crippen LogP contribution is 2.29. The smallest absolute Gasteiger partial charge is 0.308 e. The summed E-state index contributed by atoms with van der Waals surface area (Å²) >= 11 is 0. The minimum Gasteiger partial charge on any atom is -0.481 e. The van der Waals surface area contributed by atoms with Gasteiger partial charge in [0.15, 0.2) is 0 Å². The number of carboxylic acids is 1. The zero-order chi connectivity index (χ0) is 13.9. The fraction of sp³-hybridized carbons (Fsp3) is 0.846. The number of amides is 1. The summed E-state index contributed by atoms with van der Waals surface area (Å²) in [5.41, 5.74) is -0.885. The van der Waals surface area contributed by atoms with E-state index in [0.717, 1.165) is 12.8 Å². The van der Waals surface area contributed by atoms with Gasteiger partial charge in [0, 0.05) is 20.2 Å². The van der Waals surface area contributed by atoms with Crippen LogP contribution in [0.25, 0.3) is 0 Å². The summed E-state index contributed by atoms with van der Waals surface area (Å²) in [5, 5.41) is 9.20. The van der Waals surface area contributed by atoms with Crippen LogP contribution in [-0.2, 0) is 14.3 Å². The molecule has 0 spiro atoms. The lowest BCUT2D eigenvalue weighted by Gasteiger charge is -2.28. The molecule has 1 N–H and O–H groups in total. The largest absolute Gasteiger partial charge is 0.481 e. The predicted molar refractivity (Wildman–Crippen MR) is 67.2 cm³/mol. The van der Waals surface area contributed by atoms with Crippen LogP contribution in [0.15, 0.2) is 0 Å². The van der Waals surface area contributed by atoms with Gasteiger partial charge in [-0.2, -0.15) is 0 Å². The van der Waals surface area contributed by atoms with Crippen molar-refractivity contribution in [3.8, 4) is 0 Å². The number of aliphatic carboxylic acids is 1. The minimum atomic E-state index is -0.885. The van der Waals surface area contributed by atoms with Gasteiger partial charge >= 0.3 is 5.97 Å². The lowest BCUT2D eigenvalue weighted by Crippen LogP contribution is -2.45. The number of carbonyl (C=O) groups is 2. The van der Waals surface area contributed by atoms with Gasteiger partial charge in [-0.25, -0.2) is 0 Å². The summed E-state index contributed by atoms with van der Waals surface area (Å²) < 4.78 is 5.16. The molecule has 0 aromatic rings. The van der Waals surface area contributed by atoms with Crippen LogP contribution >= 0.6 is 0 Å². The third-order valence-electron chi connectivity index (χ3n) is 3.73. The Morgan fingerprint density at radius 3 is 2.44 bits per heavy atom. The van der Waals surface area contributed by atoms with Gasteiger partial charge in [0.05, 0.1) is 5.92 Å². The topological polar surface area (TPSA) is 66.8 Å². The molecule has 5 nitrogen and oxygen atoms in total. The van der Waals surface area contributed by atoms with E-state index in [4.69, 9.17) is 4.74 Å². The van der Waals surface area contributed by atoms with Crippen LogP contribution in [-0.4, -0.2) is 47.7 Å². The molecule has 0 aromatic carbocycles. The lowest BCUT2D eigenvalue weighted by atomic mass is 9.92. The summed E-state index contributed by atoms with van der Waals surface area (Å²) in [6.45, 7) is 6.26. The molecule has 1 saturated heterocycles. The van der Waals surface area contributed by atoms with Gasteiger partial charge in [0.1, 0.15) is 5.60 Å². The maximum atomic E-state index is 12.2. The monoisotopic (exact) mass is 257 g/mol. The lowest BCUT2D eigenvalue weighted by molar-refractivity contribution is -0.150. The zero-order valence-electron chi connectivity index (χ0n) is 11.6. The van der Waals surface area contributed by atoms with E-state index in [9.17, 15) is 14.7 Å². The Hall–Kier alpha value is -1.10. The number of likely N-dealkylation sites (tertiary alicyclic amines) is 1. The van der Waals surface area contributed by atoms with Crippen LogP contribution in [0.5, 0.6) is 0 Å². The van der Waals surface area contributed by atoms with E-state index in [1.54, 1.807) is 18.7 Å². The fourth-order valence-corrected chi connectivity index (χ4v) is 2.45. The van der Waals surface area contributed by atoms with Crippen LogP contribution in [0.4, 0.5) is 0 Å². The maximum absolute atomic E-state index is 12.2. The van der Waals surface area contributed by atoms with Crippen LogP contribution < -0.4 is 0 Å². The number of rotatable bonds is 5. The van der Waals surface area contributed by atoms with Crippen molar-refractivity contribution in [3.05, 3.63) is 0 Å². The Morgan fingerprint density at radius 1 is 1.39 bits per heavy atom. The summed E-state index contributed by atoms with van der Waals surface area (Å²) in [4.78, 5) is 25.1. The van der Waals surface area contributed by atoms with Crippen molar-refractivity contribution >= 4 is 11.9 Å². The second kappa shape index (κ2) is 5.69.